The molecule has 2 N–H and O–H groups in total. The molecule has 0 saturated heterocycles. The van der Waals surface area contributed by atoms with Gasteiger partial charge in [-0.05, 0) is 56.2 Å². The van der Waals surface area contributed by atoms with Gasteiger partial charge in [0.25, 0.3) is 11.8 Å². The Morgan fingerprint density at radius 2 is 1.67 bits per heavy atom. The fourth-order valence-electron chi connectivity index (χ4n) is 3.35. The summed E-state index contributed by atoms with van der Waals surface area (Å²) in [5, 5.41) is 5.95. The first-order chi connectivity index (χ1) is 13.2. The van der Waals surface area contributed by atoms with Crippen LogP contribution in [0.2, 0.25) is 0 Å². The summed E-state index contributed by atoms with van der Waals surface area (Å²) < 4.78 is 5.50. The molecular weight excluding hydrogens is 340 g/mol. The zero-order valence-corrected chi connectivity index (χ0v) is 15.7. The van der Waals surface area contributed by atoms with Crippen molar-refractivity contribution in [1.29, 1.82) is 0 Å². The Balaban J connectivity index is 1.62. The summed E-state index contributed by atoms with van der Waals surface area (Å²) in [6.07, 6.45) is 5.73. The highest BCUT2D eigenvalue weighted by Gasteiger charge is 2.17. The van der Waals surface area contributed by atoms with Crippen molar-refractivity contribution in [3.8, 4) is 5.75 Å². The average Bonchev–Trinajstić information content (AvgIpc) is 2.70. The molecular formula is C22H26N2O3. The molecule has 0 atom stereocenters. The molecule has 1 fully saturated rings. The molecule has 1 aliphatic rings. The molecule has 142 valence electrons. The molecule has 1 saturated carbocycles. The van der Waals surface area contributed by atoms with Crippen LogP contribution in [0.1, 0.15) is 59.7 Å². The maximum absolute atomic E-state index is 12.5. The molecule has 5 nitrogen and oxygen atoms in total. The van der Waals surface area contributed by atoms with E-state index in [1.165, 1.54) is 19.3 Å². The number of nitrogens with one attached hydrogen (secondary N) is 2. The minimum absolute atomic E-state index is 0.0542. The lowest BCUT2D eigenvalue weighted by Crippen LogP contribution is -2.36. The maximum atomic E-state index is 12.5. The highest BCUT2D eigenvalue weighted by Crippen LogP contribution is 2.21. The van der Waals surface area contributed by atoms with E-state index < -0.39 is 0 Å². The third kappa shape index (κ3) is 5.09. The molecule has 0 heterocycles. The number of anilines is 1. The van der Waals surface area contributed by atoms with Crippen molar-refractivity contribution in [2.24, 2.45) is 0 Å². The summed E-state index contributed by atoms with van der Waals surface area (Å²) in [6.45, 7) is 2.38. The van der Waals surface area contributed by atoms with Crippen molar-refractivity contribution >= 4 is 17.5 Å². The Hall–Kier alpha value is -2.82. The van der Waals surface area contributed by atoms with Gasteiger partial charge in [-0.3, -0.25) is 9.59 Å². The van der Waals surface area contributed by atoms with Crippen LogP contribution < -0.4 is 15.4 Å². The smallest absolute Gasteiger partial charge is 0.259 e. The topological polar surface area (TPSA) is 67.4 Å². The number of hydrogen-bond donors (Lipinski definition) is 2. The second-order valence-electron chi connectivity index (χ2n) is 6.77. The molecule has 0 bridgehead atoms. The van der Waals surface area contributed by atoms with Crippen LogP contribution in [0.4, 0.5) is 5.69 Å². The van der Waals surface area contributed by atoms with Gasteiger partial charge < -0.3 is 15.4 Å². The van der Waals surface area contributed by atoms with E-state index in [4.69, 9.17) is 4.74 Å². The Labute approximate surface area is 160 Å². The van der Waals surface area contributed by atoms with Gasteiger partial charge in [-0.25, -0.2) is 0 Å². The van der Waals surface area contributed by atoms with Crippen molar-refractivity contribution in [2.75, 3.05) is 11.9 Å². The Morgan fingerprint density at radius 3 is 2.37 bits per heavy atom. The Morgan fingerprint density at radius 1 is 0.963 bits per heavy atom. The zero-order chi connectivity index (χ0) is 19.1. The number of carbonyl (C=O) groups excluding carboxylic acids is 2. The van der Waals surface area contributed by atoms with Crippen LogP contribution in [0.15, 0.2) is 48.5 Å². The maximum Gasteiger partial charge on any atom is 0.259 e. The van der Waals surface area contributed by atoms with E-state index in [0.29, 0.717) is 29.2 Å². The molecule has 5 heteroatoms. The van der Waals surface area contributed by atoms with Gasteiger partial charge in [0.05, 0.1) is 12.2 Å². The van der Waals surface area contributed by atoms with Gasteiger partial charge in [-0.2, -0.15) is 0 Å². The van der Waals surface area contributed by atoms with Crippen LogP contribution >= 0.6 is 0 Å². The van der Waals surface area contributed by atoms with E-state index in [0.717, 1.165) is 12.8 Å². The molecule has 0 aromatic heterocycles. The minimum atomic E-state index is -0.238. The van der Waals surface area contributed by atoms with Gasteiger partial charge in [0.2, 0.25) is 0 Å². The predicted molar refractivity (Wildman–Crippen MR) is 106 cm³/mol. The molecule has 0 aliphatic heterocycles. The molecule has 2 aromatic carbocycles. The summed E-state index contributed by atoms with van der Waals surface area (Å²) in [6, 6.07) is 14.4. The molecule has 27 heavy (non-hydrogen) atoms. The van der Waals surface area contributed by atoms with E-state index in [-0.39, 0.29) is 17.9 Å². The average molecular weight is 366 g/mol. The minimum Gasteiger partial charge on any atom is -0.493 e. The van der Waals surface area contributed by atoms with E-state index >= 15 is 0 Å². The van der Waals surface area contributed by atoms with Gasteiger partial charge in [0.15, 0.2) is 0 Å². The van der Waals surface area contributed by atoms with Crippen molar-refractivity contribution < 1.29 is 14.3 Å². The third-order valence-electron chi connectivity index (χ3n) is 4.78. The van der Waals surface area contributed by atoms with Crippen molar-refractivity contribution in [1.82, 2.24) is 5.32 Å². The standard InChI is InChI=1S/C22H26N2O3/c1-2-27-20-11-7-6-10-19(20)22(26)24-18-14-12-16(13-15-18)21(25)23-17-8-4-3-5-9-17/h6-7,10-15,17H,2-5,8-9H2,1H3,(H,23,25)(H,24,26). The van der Waals surface area contributed by atoms with Gasteiger partial charge in [-0.1, -0.05) is 31.4 Å². The van der Waals surface area contributed by atoms with Crippen LogP contribution in [0.3, 0.4) is 0 Å². The number of hydrogen-bond acceptors (Lipinski definition) is 3. The van der Waals surface area contributed by atoms with Gasteiger partial charge in [0, 0.05) is 17.3 Å². The number of rotatable bonds is 6. The lowest BCUT2D eigenvalue weighted by molar-refractivity contribution is 0.0927. The lowest BCUT2D eigenvalue weighted by Gasteiger charge is -2.22. The highest BCUT2D eigenvalue weighted by atomic mass is 16.5. The number of benzene rings is 2. The van der Waals surface area contributed by atoms with Gasteiger partial charge in [0.1, 0.15) is 5.75 Å². The van der Waals surface area contributed by atoms with Gasteiger partial charge >= 0.3 is 0 Å². The van der Waals surface area contributed by atoms with E-state index in [2.05, 4.69) is 10.6 Å². The first-order valence-electron chi connectivity index (χ1n) is 9.61. The van der Waals surface area contributed by atoms with Gasteiger partial charge in [-0.15, -0.1) is 0 Å². The van der Waals surface area contributed by atoms with Crippen LogP contribution in [0.25, 0.3) is 0 Å². The first-order valence-corrected chi connectivity index (χ1v) is 9.61. The van der Waals surface area contributed by atoms with Crippen molar-refractivity contribution in [3.05, 3.63) is 59.7 Å². The monoisotopic (exact) mass is 366 g/mol. The van der Waals surface area contributed by atoms with Crippen LogP contribution in [0.5, 0.6) is 5.75 Å². The van der Waals surface area contributed by atoms with E-state index in [1.54, 1.807) is 42.5 Å². The van der Waals surface area contributed by atoms with Crippen LogP contribution in [-0.4, -0.2) is 24.5 Å². The van der Waals surface area contributed by atoms with Crippen molar-refractivity contribution in [3.63, 3.8) is 0 Å². The van der Waals surface area contributed by atoms with E-state index in [1.807, 2.05) is 13.0 Å². The number of amides is 2. The van der Waals surface area contributed by atoms with E-state index in [9.17, 15) is 9.59 Å². The third-order valence-corrected chi connectivity index (χ3v) is 4.78. The molecule has 0 spiro atoms. The SMILES string of the molecule is CCOc1ccccc1C(=O)Nc1ccc(C(=O)NC2CCCCC2)cc1. The summed E-state index contributed by atoms with van der Waals surface area (Å²) in [7, 11) is 0. The fourth-order valence-corrected chi connectivity index (χ4v) is 3.35. The molecule has 1 aliphatic carbocycles. The van der Waals surface area contributed by atoms with Crippen molar-refractivity contribution in [2.45, 2.75) is 45.1 Å². The summed E-state index contributed by atoms with van der Waals surface area (Å²) in [5.74, 6) is 0.265. The predicted octanol–water partition coefficient (Wildman–Crippen LogP) is 4.40. The second kappa shape index (κ2) is 9.21. The molecule has 0 unspecified atom stereocenters. The first kappa shape index (κ1) is 19.0. The van der Waals surface area contributed by atoms with Crippen LogP contribution in [-0.2, 0) is 0 Å². The number of carbonyl (C=O) groups is 2. The molecule has 2 aromatic rings. The number of ether oxygens (including phenoxy) is 1. The Bertz CT molecular complexity index is 780. The molecule has 0 radical (unpaired) electrons. The summed E-state index contributed by atoms with van der Waals surface area (Å²) in [5.41, 5.74) is 1.73. The second-order valence-corrected chi connectivity index (χ2v) is 6.77. The zero-order valence-electron chi connectivity index (χ0n) is 15.7. The number of para-hydroxylation sites is 1. The quantitative estimate of drug-likeness (QED) is 0.796. The molecule has 3 rings (SSSR count). The lowest BCUT2D eigenvalue weighted by atomic mass is 9.95. The highest BCUT2D eigenvalue weighted by molar-refractivity contribution is 6.06. The molecule has 2 amide bonds. The fraction of sp³-hybridized carbons (Fsp3) is 0.364. The summed E-state index contributed by atoms with van der Waals surface area (Å²) >= 11 is 0. The Kier molecular flexibility index (Phi) is 6.47. The largest absolute Gasteiger partial charge is 0.493 e. The normalized spacial score (nSPS) is 14.4. The summed E-state index contributed by atoms with van der Waals surface area (Å²) in [4.78, 5) is 24.9. The van der Waals surface area contributed by atoms with Crippen LogP contribution in [0, 0.1) is 0 Å².